The van der Waals surface area contributed by atoms with E-state index in [4.69, 9.17) is 26.0 Å². The number of nitrogens with two attached hydrogens (primary N) is 2. The molecule has 38 heteroatoms. The van der Waals surface area contributed by atoms with Crippen molar-refractivity contribution < 1.29 is 78.5 Å². The highest BCUT2D eigenvalue weighted by Crippen LogP contribution is 2.37. The molecular weight excluding hydrogens is 1380 g/mol. The zero-order chi connectivity index (χ0) is 71.6. The van der Waals surface area contributed by atoms with Crippen molar-refractivity contribution in [1.29, 1.82) is 0 Å². The van der Waals surface area contributed by atoms with Gasteiger partial charge in [-0.1, -0.05) is 25.7 Å². The molecule has 6 fully saturated rings. The van der Waals surface area contributed by atoms with Gasteiger partial charge in [0.2, 0.25) is 23.6 Å². The third-order valence-corrected chi connectivity index (χ3v) is 25.3. The summed E-state index contributed by atoms with van der Waals surface area (Å²) in [6, 6.07) is -1.38. The van der Waals surface area contributed by atoms with Crippen LogP contribution in [-0.4, -0.2) is 261 Å². The number of fused-ring (bicyclic) bond motifs is 4. The first kappa shape index (κ1) is 77.5. The maximum Gasteiger partial charge on any atom is 0.326 e. The molecule has 4 aromatic heterocycles. The van der Waals surface area contributed by atoms with E-state index in [0.717, 1.165) is 75.7 Å². The van der Waals surface area contributed by atoms with E-state index in [0.29, 0.717) is 101 Å². The first-order chi connectivity index (χ1) is 48.0. The number of nitrogens with one attached hydrogen (secondary N) is 8. The topological polar surface area (TPSA) is 512 Å². The largest absolute Gasteiger partial charge is 0.480 e. The summed E-state index contributed by atoms with van der Waals surface area (Å²) >= 11 is 3.75. The van der Waals surface area contributed by atoms with Crippen LogP contribution in [0.25, 0.3) is 22.3 Å². The molecule has 8 amide bonds. The Labute approximate surface area is 592 Å². The number of carboxylic acid groups (broad SMARTS) is 2. The van der Waals surface area contributed by atoms with Gasteiger partial charge in [0.25, 0.3) is 0 Å². The van der Waals surface area contributed by atoms with Crippen molar-refractivity contribution in [3.63, 3.8) is 0 Å². The van der Waals surface area contributed by atoms with Gasteiger partial charge < -0.3 is 94.1 Å². The Morgan fingerprint density at radius 1 is 0.590 bits per heavy atom. The summed E-state index contributed by atoms with van der Waals surface area (Å²) in [4.78, 5) is 121. The third kappa shape index (κ3) is 21.3. The van der Waals surface area contributed by atoms with Gasteiger partial charge in [-0.3, -0.25) is 33.1 Å². The summed E-state index contributed by atoms with van der Waals surface area (Å²) in [5.41, 5.74) is 12.8. The number of imidazole rings is 2. The molecule has 0 aliphatic carbocycles. The summed E-state index contributed by atoms with van der Waals surface area (Å²) in [5.74, 6) is 1.35. The van der Waals surface area contributed by atoms with E-state index in [1.54, 1.807) is 0 Å². The number of aliphatic hydroxyl groups is 4. The zero-order valence-corrected chi connectivity index (χ0v) is 59.3. The first-order valence-electron chi connectivity index (χ1n) is 34.1. The number of ether oxygens (including phenoxy) is 2. The highest BCUT2D eigenvalue weighted by molar-refractivity contribution is 8.00. The van der Waals surface area contributed by atoms with E-state index in [9.17, 15) is 63.9 Å². The van der Waals surface area contributed by atoms with Crippen LogP contribution in [0.4, 0.5) is 21.2 Å². The number of aromatic nitrogens is 8. The number of amides is 8. The Hall–Kier alpha value is -6.62. The van der Waals surface area contributed by atoms with Gasteiger partial charge >= 0.3 is 24.0 Å². The SMILES string of the molecule is C[S+](CC[C@H](N)C(=O)O)C[C@H]1O[C@@H](n2cnc3c(NC(=O)CCCCCNC(=O)CCCC[C@H]4SCC5NC(=O)NC54)ncnc32)[C@H](O)[C@@H]1O.C[S+](CC[C@H](NC(=O)CCCCCNC(=O)CCCC[C@H]1SCC2NC(=O)NC21)C(=O)O)C[C@H]1O[C@@H](n2cnc3c(N)ncnc32)[C@H](O)[C@@H]1O. The van der Waals surface area contributed by atoms with Crippen molar-refractivity contribution in [2.45, 2.75) is 211 Å². The maximum atomic E-state index is 12.7. The normalized spacial score (nSPS) is 27.0. The smallest absolute Gasteiger partial charge is 0.326 e. The van der Waals surface area contributed by atoms with E-state index < -0.39 is 84.0 Å². The number of unbranched alkanes of at least 4 members (excludes halogenated alkanes) is 6. The molecule has 0 radical (unpaired) electrons. The quantitative estimate of drug-likeness (QED) is 0.0152. The van der Waals surface area contributed by atoms with E-state index in [1.165, 1.54) is 34.4 Å². The molecule has 6 aliphatic heterocycles. The van der Waals surface area contributed by atoms with Crippen LogP contribution in [0.5, 0.6) is 0 Å². The average Bonchev–Trinajstić information content (AvgIpc) is 1.64. The van der Waals surface area contributed by atoms with Gasteiger partial charge in [0.15, 0.2) is 40.9 Å². The van der Waals surface area contributed by atoms with E-state index in [-0.39, 0.29) is 102 Å². The second kappa shape index (κ2) is 37.5. The molecule has 6 saturated heterocycles. The molecule has 0 aromatic carbocycles. The number of nitrogen functional groups attached to an aromatic ring is 1. The maximum absolute atomic E-state index is 12.7. The van der Waals surface area contributed by atoms with Gasteiger partial charge in [0.05, 0.1) is 49.3 Å². The van der Waals surface area contributed by atoms with Crippen molar-refractivity contribution in [3.8, 4) is 0 Å². The minimum atomic E-state index is -1.27. The van der Waals surface area contributed by atoms with Crippen LogP contribution in [0.3, 0.4) is 0 Å². The molecule has 100 heavy (non-hydrogen) atoms. The summed E-state index contributed by atoms with van der Waals surface area (Å²) in [7, 11) is -0.702. The number of rotatable bonds is 38. The van der Waals surface area contributed by atoms with E-state index in [1.807, 2.05) is 36.0 Å². The minimum Gasteiger partial charge on any atom is -0.480 e. The van der Waals surface area contributed by atoms with Gasteiger partial charge in [0, 0.05) is 73.6 Å². The Balaban J connectivity index is 0.000000233. The van der Waals surface area contributed by atoms with Crippen molar-refractivity contribution in [2.24, 2.45) is 5.73 Å². The Kier molecular flexibility index (Phi) is 29.1. The van der Waals surface area contributed by atoms with Crippen molar-refractivity contribution in [1.82, 2.24) is 76.3 Å². The summed E-state index contributed by atoms with van der Waals surface area (Å²) in [6.07, 6.45) is 12.5. The molecular formula is C62H96N18O16S4+2. The predicted molar refractivity (Wildman–Crippen MR) is 377 cm³/mol. The zero-order valence-electron chi connectivity index (χ0n) is 56.1. The molecule has 552 valence electrons. The van der Waals surface area contributed by atoms with Crippen molar-refractivity contribution in [2.75, 3.05) is 71.2 Å². The molecule has 10 rings (SSSR count). The highest BCUT2D eigenvalue weighted by Gasteiger charge is 2.49. The average molecular weight is 1480 g/mol. The molecule has 6 unspecified atom stereocenters. The standard InChI is InChI=1S/2C31H47N9O8S2/c1-50(14-19-25(43)26(44)29(48-19)40-16-36-24-27(32)34-15-35-28(24)40)12-10-17(30(45)46)37-22(42)9-3-2-6-11-33-21(41)8-5-4-7-20-23-18(13-49-20)38-31(47)39-23;1-50(12-10-17(32)30(45)46)14-19-25(43)26(44)29(48-19)40-16-36-24-27(34-15-35-28(24)40)38-22(42)9-3-2-6-11-33-21(41)8-5-4-7-20-23-18(13-49-20)37-31(47)39-23/h15-20,23,25-26,29,43-44H,2-14H2,1H3,(H6-,32,33,34,35,37,38,39,41,42,45,46,47);15-20,23,25-26,29,43-44H,2-14,32H2,1H3,(H4-,33,34,35,37,38,39,41,42,45,46,47)/p+2/t2*17-,18?,19+,20+,23?,25+,26+,29+,50?/m00/s1. The van der Waals surface area contributed by atoms with Crippen LogP contribution in [0.2, 0.25) is 0 Å². The third-order valence-electron chi connectivity index (χ3n) is 18.6. The van der Waals surface area contributed by atoms with Crippen LogP contribution in [0.1, 0.15) is 128 Å². The molecule has 0 spiro atoms. The molecule has 4 aromatic rings. The lowest BCUT2D eigenvalue weighted by Crippen LogP contribution is -2.42. The van der Waals surface area contributed by atoms with E-state index in [2.05, 4.69) is 72.4 Å². The fourth-order valence-corrected chi connectivity index (χ4v) is 19.3. The fourth-order valence-electron chi connectivity index (χ4n) is 13.0. The van der Waals surface area contributed by atoms with Crippen LogP contribution >= 0.6 is 23.5 Å². The lowest BCUT2D eigenvalue weighted by Gasteiger charge is -2.17. The lowest BCUT2D eigenvalue weighted by atomic mass is 10.0. The van der Waals surface area contributed by atoms with Crippen LogP contribution in [0.15, 0.2) is 25.3 Å². The van der Waals surface area contributed by atoms with Crippen LogP contribution < -0.4 is 54.0 Å². The number of hydrogen-bond acceptors (Lipinski definition) is 24. The van der Waals surface area contributed by atoms with Gasteiger partial charge in [0.1, 0.15) is 89.9 Å². The number of carbonyl (C=O) groups is 8. The number of carboxylic acids is 2. The van der Waals surface area contributed by atoms with E-state index >= 15 is 0 Å². The number of thioether (sulfide) groups is 2. The predicted octanol–water partition coefficient (Wildman–Crippen LogP) is -0.526. The Morgan fingerprint density at radius 2 is 1.06 bits per heavy atom. The molecule has 18 N–H and O–H groups in total. The van der Waals surface area contributed by atoms with Gasteiger partial charge in [-0.25, -0.2) is 44.3 Å². The van der Waals surface area contributed by atoms with Crippen LogP contribution in [-0.2, 0) is 60.0 Å². The summed E-state index contributed by atoms with van der Waals surface area (Å²) < 4.78 is 15.1. The lowest BCUT2D eigenvalue weighted by molar-refractivity contribution is -0.142. The number of urea groups is 2. The van der Waals surface area contributed by atoms with Gasteiger partial charge in [-0.2, -0.15) is 23.5 Å². The Bertz CT molecular complexity index is 3440. The number of carbonyl (C=O) groups excluding carboxylic acids is 6. The van der Waals surface area contributed by atoms with Crippen molar-refractivity contribution in [3.05, 3.63) is 25.3 Å². The van der Waals surface area contributed by atoms with Gasteiger partial charge in [-0.05, 0) is 73.2 Å². The molecule has 18 atom stereocenters. The minimum absolute atomic E-state index is 0.00673. The first-order valence-corrected chi connectivity index (χ1v) is 40.1. The number of nitrogens with zero attached hydrogens (tertiary/aromatic N) is 8. The van der Waals surface area contributed by atoms with Gasteiger partial charge in [-0.15, -0.1) is 0 Å². The molecule has 34 nitrogen and oxygen atoms in total. The number of hydrogen-bond donors (Lipinski definition) is 16. The second-order valence-electron chi connectivity index (χ2n) is 26.1. The molecule has 0 bridgehead atoms. The second-order valence-corrected chi connectivity index (χ2v) is 33.3. The summed E-state index contributed by atoms with van der Waals surface area (Å²) in [5, 5.41) is 85.6. The number of aliphatic hydroxyl groups excluding tert-OH is 4. The Morgan fingerprint density at radius 3 is 1.58 bits per heavy atom. The number of anilines is 2. The monoisotopic (exact) mass is 1480 g/mol. The molecule has 0 saturated carbocycles. The molecule has 6 aliphatic rings. The van der Waals surface area contributed by atoms with Crippen LogP contribution in [0, 0.1) is 0 Å². The molecule has 10 heterocycles. The highest BCUT2D eigenvalue weighted by atomic mass is 32.2. The fraction of sp³-hybridized carbons (Fsp3) is 0.710. The number of aliphatic carboxylic acids is 2. The summed E-state index contributed by atoms with van der Waals surface area (Å²) in [6.45, 7) is 1.07. The van der Waals surface area contributed by atoms with Crippen molar-refractivity contribution >= 4 is 127 Å².